The SMILES string of the molecule is COC(C)(C)CNc1nccc2cnc(S(C)=O)nc12. The largest absolute Gasteiger partial charge is 0.377 e. The van der Waals surface area contributed by atoms with Crippen molar-refractivity contribution in [3.05, 3.63) is 18.5 Å². The van der Waals surface area contributed by atoms with Crippen LogP contribution in [0.25, 0.3) is 10.9 Å². The van der Waals surface area contributed by atoms with Gasteiger partial charge in [-0.25, -0.2) is 15.0 Å². The summed E-state index contributed by atoms with van der Waals surface area (Å²) in [4.78, 5) is 12.7. The zero-order chi connectivity index (χ0) is 14.8. The van der Waals surface area contributed by atoms with Crippen LogP contribution in [0, 0.1) is 0 Å². The first-order valence-electron chi connectivity index (χ1n) is 6.17. The van der Waals surface area contributed by atoms with E-state index in [1.807, 2.05) is 19.9 Å². The van der Waals surface area contributed by atoms with Gasteiger partial charge in [-0.15, -0.1) is 0 Å². The Balaban J connectivity index is 2.37. The molecule has 0 radical (unpaired) electrons. The Bertz CT molecular complexity index is 645. The van der Waals surface area contributed by atoms with E-state index in [4.69, 9.17) is 4.74 Å². The minimum absolute atomic E-state index is 0.305. The van der Waals surface area contributed by atoms with Gasteiger partial charge in [0.1, 0.15) is 5.52 Å². The van der Waals surface area contributed by atoms with Crippen molar-refractivity contribution in [1.29, 1.82) is 0 Å². The lowest BCUT2D eigenvalue weighted by atomic mass is 10.1. The first-order chi connectivity index (χ1) is 9.43. The second kappa shape index (κ2) is 5.80. The Morgan fingerprint density at radius 2 is 2.15 bits per heavy atom. The number of hydrogen-bond acceptors (Lipinski definition) is 6. The van der Waals surface area contributed by atoms with Crippen molar-refractivity contribution < 1.29 is 8.95 Å². The molecule has 1 N–H and O–H groups in total. The first-order valence-corrected chi connectivity index (χ1v) is 7.73. The Morgan fingerprint density at radius 3 is 2.80 bits per heavy atom. The molecule has 0 aliphatic heterocycles. The Kier molecular flexibility index (Phi) is 4.29. The number of anilines is 1. The second-order valence-electron chi connectivity index (χ2n) is 5.02. The fraction of sp³-hybridized carbons (Fsp3) is 0.462. The fourth-order valence-corrected chi connectivity index (χ4v) is 2.00. The van der Waals surface area contributed by atoms with E-state index in [1.165, 1.54) is 0 Å². The number of fused-ring (bicyclic) bond motifs is 1. The van der Waals surface area contributed by atoms with Crippen molar-refractivity contribution in [1.82, 2.24) is 15.0 Å². The van der Waals surface area contributed by atoms with Gasteiger partial charge in [0, 0.05) is 37.7 Å². The molecule has 6 nitrogen and oxygen atoms in total. The molecule has 0 amide bonds. The van der Waals surface area contributed by atoms with Gasteiger partial charge in [0.2, 0.25) is 5.16 Å². The van der Waals surface area contributed by atoms with E-state index in [0.29, 0.717) is 23.0 Å². The lowest BCUT2D eigenvalue weighted by Crippen LogP contribution is -2.32. The summed E-state index contributed by atoms with van der Waals surface area (Å²) >= 11 is 0. The van der Waals surface area contributed by atoms with Gasteiger partial charge in [0.05, 0.1) is 16.4 Å². The van der Waals surface area contributed by atoms with Gasteiger partial charge in [0.25, 0.3) is 0 Å². The van der Waals surface area contributed by atoms with Crippen LogP contribution >= 0.6 is 0 Å². The highest BCUT2D eigenvalue weighted by Crippen LogP contribution is 2.20. The highest BCUT2D eigenvalue weighted by Gasteiger charge is 2.17. The number of methoxy groups -OCH3 is 1. The lowest BCUT2D eigenvalue weighted by Gasteiger charge is -2.23. The van der Waals surface area contributed by atoms with E-state index < -0.39 is 10.8 Å². The zero-order valence-corrected chi connectivity index (χ0v) is 12.8. The number of pyridine rings is 1. The molecule has 7 heteroatoms. The van der Waals surface area contributed by atoms with Gasteiger partial charge in [-0.2, -0.15) is 0 Å². The molecule has 108 valence electrons. The van der Waals surface area contributed by atoms with E-state index in [0.717, 1.165) is 5.39 Å². The molecule has 0 aromatic carbocycles. The van der Waals surface area contributed by atoms with Crippen LogP contribution < -0.4 is 5.32 Å². The maximum absolute atomic E-state index is 11.5. The smallest absolute Gasteiger partial charge is 0.218 e. The van der Waals surface area contributed by atoms with Crippen LogP contribution in [0.1, 0.15) is 13.8 Å². The molecule has 2 aromatic rings. The predicted molar refractivity (Wildman–Crippen MR) is 79.2 cm³/mol. The van der Waals surface area contributed by atoms with Crippen LogP contribution in [0.4, 0.5) is 5.82 Å². The summed E-state index contributed by atoms with van der Waals surface area (Å²) < 4.78 is 16.9. The summed E-state index contributed by atoms with van der Waals surface area (Å²) in [5.41, 5.74) is 0.354. The van der Waals surface area contributed by atoms with Crippen LogP contribution in [0.3, 0.4) is 0 Å². The van der Waals surface area contributed by atoms with Crippen molar-refractivity contribution in [3.63, 3.8) is 0 Å². The molecule has 2 heterocycles. The normalized spacial score (nSPS) is 13.4. The molecule has 20 heavy (non-hydrogen) atoms. The standard InChI is InChI=1S/C13H18N4O2S/c1-13(2,19-3)8-16-11-10-9(5-6-14-11)7-15-12(17-10)20(4)18/h5-7H,8H2,1-4H3,(H,14,16). The van der Waals surface area contributed by atoms with Crippen molar-refractivity contribution in [2.75, 3.05) is 25.2 Å². The number of nitrogens with zero attached hydrogens (tertiary/aromatic N) is 3. The third-order valence-electron chi connectivity index (χ3n) is 2.97. The van der Waals surface area contributed by atoms with E-state index >= 15 is 0 Å². The number of ether oxygens (including phenoxy) is 1. The molecule has 1 atom stereocenters. The molecule has 0 spiro atoms. The van der Waals surface area contributed by atoms with E-state index in [1.54, 1.807) is 25.8 Å². The zero-order valence-electron chi connectivity index (χ0n) is 12.0. The number of aromatic nitrogens is 3. The summed E-state index contributed by atoms with van der Waals surface area (Å²) in [5, 5.41) is 4.38. The van der Waals surface area contributed by atoms with Crippen LogP contribution in [0.5, 0.6) is 0 Å². The second-order valence-corrected chi connectivity index (χ2v) is 6.29. The minimum atomic E-state index is -1.22. The van der Waals surface area contributed by atoms with Gasteiger partial charge in [-0.05, 0) is 19.9 Å². The van der Waals surface area contributed by atoms with E-state index in [9.17, 15) is 4.21 Å². The van der Waals surface area contributed by atoms with E-state index in [2.05, 4.69) is 20.3 Å². The van der Waals surface area contributed by atoms with Crippen molar-refractivity contribution in [3.8, 4) is 0 Å². The molecule has 0 saturated heterocycles. The lowest BCUT2D eigenvalue weighted by molar-refractivity contribution is 0.0343. The molecule has 0 fully saturated rings. The van der Waals surface area contributed by atoms with Crippen LogP contribution in [0.2, 0.25) is 0 Å². The molecule has 1 unspecified atom stereocenters. The molecular weight excluding hydrogens is 276 g/mol. The summed E-state index contributed by atoms with van der Waals surface area (Å²) in [6.45, 7) is 4.55. The third-order valence-corrected chi connectivity index (χ3v) is 3.68. The maximum Gasteiger partial charge on any atom is 0.218 e. The molecule has 2 rings (SSSR count). The van der Waals surface area contributed by atoms with Gasteiger partial charge < -0.3 is 10.1 Å². The van der Waals surface area contributed by atoms with Crippen LogP contribution in [0.15, 0.2) is 23.6 Å². The van der Waals surface area contributed by atoms with Crippen LogP contribution in [-0.4, -0.2) is 44.7 Å². The van der Waals surface area contributed by atoms with Crippen molar-refractivity contribution in [2.45, 2.75) is 24.6 Å². The maximum atomic E-state index is 11.5. The summed E-state index contributed by atoms with van der Waals surface area (Å²) in [5.74, 6) is 0.640. The van der Waals surface area contributed by atoms with Gasteiger partial charge in [0.15, 0.2) is 5.82 Å². The average molecular weight is 294 g/mol. The van der Waals surface area contributed by atoms with E-state index in [-0.39, 0.29) is 5.60 Å². The van der Waals surface area contributed by atoms with Crippen molar-refractivity contribution in [2.24, 2.45) is 0 Å². The van der Waals surface area contributed by atoms with Gasteiger partial charge in [-0.3, -0.25) is 4.21 Å². The Labute approximate surface area is 120 Å². The minimum Gasteiger partial charge on any atom is -0.377 e. The number of rotatable bonds is 5. The quantitative estimate of drug-likeness (QED) is 0.844. The average Bonchev–Trinajstić information content (AvgIpc) is 2.44. The molecular formula is C13H18N4O2S. The summed E-state index contributed by atoms with van der Waals surface area (Å²) in [7, 11) is 0.447. The monoisotopic (exact) mass is 294 g/mol. The number of nitrogens with one attached hydrogen (secondary N) is 1. The van der Waals surface area contributed by atoms with Crippen molar-refractivity contribution >= 4 is 27.5 Å². The van der Waals surface area contributed by atoms with Gasteiger partial charge >= 0.3 is 0 Å². The molecule has 0 aliphatic carbocycles. The third kappa shape index (κ3) is 3.29. The first kappa shape index (κ1) is 14.8. The Morgan fingerprint density at radius 1 is 1.40 bits per heavy atom. The molecule has 0 bridgehead atoms. The van der Waals surface area contributed by atoms with Crippen LogP contribution in [-0.2, 0) is 15.5 Å². The molecule has 0 aliphatic rings. The predicted octanol–water partition coefficient (Wildman–Crippen LogP) is 1.60. The molecule has 2 aromatic heterocycles. The van der Waals surface area contributed by atoms with Gasteiger partial charge in [-0.1, -0.05) is 0 Å². The topological polar surface area (TPSA) is 77.0 Å². The summed E-state index contributed by atoms with van der Waals surface area (Å²) in [6, 6.07) is 1.82. The highest BCUT2D eigenvalue weighted by atomic mass is 32.2. The Hall–Kier alpha value is -1.60. The summed E-state index contributed by atoms with van der Waals surface area (Å²) in [6.07, 6.45) is 4.91. The fourth-order valence-electron chi connectivity index (χ4n) is 1.58. The molecule has 0 saturated carbocycles. The number of hydrogen-bond donors (Lipinski definition) is 1. The highest BCUT2D eigenvalue weighted by molar-refractivity contribution is 7.84.